The molecule has 0 spiro atoms. The van der Waals surface area contributed by atoms with Crippen LogP contribution in [0.4, 0.5) is 8.78 Å². The Morgan fingerprint density at radius 2 is 2.31 bits per heavy atom. The lowest BCUT2D eigenvalue weighted by Gasteiger charge is -2.22. The first kappa shape index (κ1) is 13.6. The summed E-state index contributed by atoms with van der Waals surface area (Å²) in [5, 5.41) is 0.455. The Bertz CT molecular complexity index is 350. The Balaban J connectivity index is 3.13. The van der Waals surface area contributed by atoms with Gasteiger partial charge >= 0.3 is 5.38 Å². The highest BCUT2D eigenvalue weighted by Crippen LogP contribution is 2.37. The minimum Gasteiger partial charge on any atom is -0.271 e. The summed E-state index contributed by atoms with van der Waals surface area (Å²) in [4.78, 5) is 0. The zero-order valence-electron chi connectivity index (χ0n) is 8.55. The SMILES string of the molecule is CCCn1ncc(Cl)c1C(NN)C(F)(F)Cl. The second kappa shape index (κ2) is 5.27. The minimum atomic E-state index is -3.54. The predicted molar refractivity (Wildman–Crippen MR) is 58.4 cm³/mol. The van der Waals surface area contributed by atoms with Crippen LogP contribution >= 0.6 is 23.2 Å². The maximum absolute atomic E-state index is 13.1. The van der Waals surface area contributed by atoms with Crippen molar-refractivity contribution in [2.75, 3.05) is 0 Å². The van der Waals surface area contributed by atoms with E-state index in [0.717, 1.165) is 6.42 Å². The topological polar surface area (TPSA) is 55.9 Å². The molecule has 0 fully saturated rings. The van der Waals surface area contributed by atoms with Gasteiger partial charge < -0.3 is 0 Å². The van der Waals surface area contributed by atoms with Crippen LogP contribution in [0.1, 0.15) is 25.1 Å². The Hall–Kier alpha value is -0.430. The number of nitrogens with one attached hydrogen (secondary N) is 1. The molecule has 0 saturated carbocycles. The largest absolute Gasteiger partial charge is 0.343 e. The van der Waals surface area contributed by atoms with E-state index < -0.39 is 11.4 Å². The Kier molecular flexibility index (Phi) is 4.49. The zero-order chi connectivity index (χ0) is 12.3. The van der Waals surface area contributed by atoms with Crippen LogP contribution in [0.2, 0.25) is 5.02 Å². The van der Waals surface area contributed by atoms with Gasteiger partial charge in [0.25, 0.3) is 0 Å². The highest BCUT2D eigenvalue weighted by Gasteiger charge is 2.41. The second-order valence-electron chi connectivity index (χ2n) is 3.24. The molecule has 0 amide bonds. The van der Waals surface area contributed by atoms with E-state index in [1.54, 1.807) is 0 Å². The van der Waals surface area contributed by atoms with Crippen LogP contribution in [-0.4, -0.2) is 15.2 Å². The van der Waals surface area contributed by atoms with E-state index in [2.05, 4.69) is 5.10 Å². The molecule has 0 aliphatic heterocycles. The fourth-order valence-electron chi connectivity index (χ4n) is 1.38. The number of alkyl halides is 3. The highest BCUT2D eigenvalue weighted by atomic mass is 35.5. The van der Waals surface area contributed by atoms with Gasteiger partial charge in [-0.05, 0) is 18.0 Å². The van der Waals surface area contributed by atoms with Crippen molar-refractivity contribution in [1.82, 2.24) is 15.2 Å². The van der Waals surface area contributed by atoms with Crippen molar-refractivity contribution in [1.29, 1.82) is 0 Å². The lowest BCUT2D eigenvalue weighted by Crippen LogP contribution is -2.39. The molecule has 1 rings (SSSR count). The molecule has 0 aromatic carbocycles. The molecular weight excluding hydrogens is 261 g/mol. The van der Waals surface area contributed by atoms with Crippen LogP contribution in [0.15, 0.2) is 6.20 Å². The summed E-state index contributed by atoms with van der Waals surface area (Å²) in [6, 6.07) is -1.57. The standard InChI is InChI=1S/C8H12Cl2F2N4/c1-2-3-16-6(5(9)4-14-16)7(15-13)8(10,11)12/h4,7,15H,2-3,13H2,1H3. The van der Waals surface area contributed by atoms with Gasteiger partial charge in [-0.25, -0.2) is 5.43 Å². The van der Waals surface area contributed by atoms with Crippen molar-refractivity contribution in [3.05, 3.63) is 16.9 Å². The molecule has 0 saturated heterocycles. The van der Waals surface area contributed by atoms with Crippen molar-refractivity contribution in [3.8, 4) is 0 Å². The van der Waals surface area contributed by atoms with Gasteiger partial charge in [-0.15, -0.1) is 0 Å². The van der Waals surface area contributed by atoms with Crippen molar-refractivity contribution < 1.29 is 8.78 Å². The first-order valence-electron chi connectivity index (χ1n) is 4.65. The number of hydrogen-bond donors (Lipinski definition) is 2. The summed E-state index contributed by atoms with van der Waals surface area (Å²) in [7, 11) is 0. The molecule has 3 N–H and O–H groups in total. The molecule has 1 aromatic rings. The zero-order valence-corrected chi connectivity index (χ0v) is 10.1. The number of rotatable bonds is 5. The molecule has 1 aromatic heterocycles. The Morgan fingerprint density at radius 1 is 1.69 bits per heavy atom. The number of hydrogen-bond acceptors (Lipinski definition) is 3. The summed E-state index contributed by atoms with van der Waals surface area (Å²) in [6.07, 6.45) is 2.02. The van der Waals surface area contributed by atoms with Crippen molar-refractivity contribution in [3.63, 3.8) is 0 Å². The summed E-state index contributed by atoms with van der Waals surface area (Å²) in [5.74, 6) is 5.07. The van der Waals surface area contributed by atoms with E-state index in [-0.39, 0.29) is 10.7 Å². The van der Waals surface area contributed by atoms with E-state index in [1.165, 1.54) is 10.9 Å². The van der Waals surface area contributed by atoms with Crippen molar-refractivity contribution in [2.45, 2.75) is 31.3 Å². The van der Waals surface area contributed by atoms with E-state index in [9.17, 15) is 8.78 Å². The summed E-state index contributed by atoms with van der Waals surface area (Å²) < 4.78 is 27.5. The second-order valence-corrected chi connectivity index (χ2v) is 4.15. The molecule has 1 atom stereocenters. The summed E-state index contributed by atoms with van der Waals surface area (Å²) in [6.45, 7) is 2.36. The van der Waals surface area contributed by atoms with Crippen molar-refractivity contribution in [2.24, 2.45) is 5.84 Å². The number of aryl methyl sites for hydroxylation is 1. The van der Waals surface area contributed by atoms with Gasteiger partial charge in [-0.1, -0.05) is 18.5 Å². The van der Waals surface area contributed by atoms with E-state index >= 15 is 0 Å². The van der Waals surface area contributed by atoms with Gasteiger partial charge in [0.15, 0.2) is 0 Å². The molecule has 92 valence electrons. The molecule has 0 radical (unpaired) electrons. The van der Waals surface area contributed by atoms with E-state index in [1.807, 2.05) is 12.3 Å². The van der Waals surface area contributed by atoms with Gasteiger partial charge in [-0.2, -0.15) is 13.9 Å². The summed E-state index contributed by atoms with van der Waals surface area (Å²) >= 11 is 10.7. The average Bonchev–Trinajstić information content (AvgIpc) is 2.49. The third-order valence-electron chi connectivity index (χ3n) is 2.04. The molecule has 0 bridgehead atoms. The fourth-order valence-corrected chi connectivity index (χ4v) is 1.79. The number of halogens is 4. The van der Waals surface area contributed by atoms with Gasteiger partial charge in [0, 0.05) is 6.54 Å². The lowest BCUT2D eigenvalue weighted by molar-refractivity contribution is 0.0461. The summed E-state index contributed by atoms with van der Waals surface area (Å²) in [5.41, 5.74) is 2.05. The van der Waals surface area contributed by atoms with Crippen LogP contribution in [0.25, 0.3) is 0 Å². The Morgan fingerprint density at radius 3 is 2.75 bits per heavy atom. The van der Waals surface area contributed by atoms with Gasteiger partial charge in [0.2, 0.25) is 0 Å². The third kappa shape index (κ3) is 2.82. The smallest absolute Gasteiger partial charge is 0.271 e. The van der Waals surface area contributed by atoms with Gasteiger partial charge in [0.1, 0.15) is 6.04 Å². The normalized spacial score (nSPS) is 14.1. The highest BCUT2D eigenvalue weighted by molar-refractivity contribution is 6.31. The number of aromatic nitrogens is 2. The quantitative estimate of drug-likeness (QED) is 0.491. The molecule has 0 aliphatic rings. The van der Waals surface area contributed by atoms with Crippen LogP contribution < -0.4 is 11.3 Å². The minimum absolute atomic E-state index is 0.0889. The first-order chi connectivity index (χ1) is 7.41. The molecular formula is C8H12Cl2F2N4. The van der Waals surface area contributed by atoms with E-state index in [0.29, 0.717) is 6.54 Å². The number of hydrazine groups is 1. The monoisotopic (exact) mass is 272 g/mol. The van der Waals surface area contributed by atoms with E-state index in [4.69, 9.17) is 29.0 Å². The average molecular weight is 273 g/mol. The number of nitrogens with two attached hydrogens (primary N) is 1. The van der Waals surface area contributed by atoms with Crippen LogP contribution in [0.3, 0.4) is 0 Å². The maximum Gasteiger partial charge on any atom is 0.343 e. The predicted octanol–water partition coefficient (Wildman–Crippen LogP) is 2.28. The molecule has 1 heterocycles. The van der Waals surface area contributed by atoms with Crippen LogP contribution in [-0.2, 0) is 6.54 Å². The Labute approximate surface area is 102 Å². The molecule has 8 heteroatoms. The first-order valence-corrected chi connectivity index (χ1v) is 5.41. The molecule has 16 heavy (non-hydrogen) atoms. The van der Waals surface area contributed by atoms with Crippen molar-refractivity contribution >= 4 is 23.2 Å². The lowest BCUT2D eigenvalue weighted by atomic mass is 10.2. The van der Waals surface area contributed by atoms with Crippen LogP contribution in [0, 0.1) is 0 Å². The molecule has 0 aliphatic carbocycles. The van der Waals surface area contributed by atoms with Crippen LogP contribution in [0.5, 0.6) is 0 Å². The fraction of sp³-hybridized carbons (Fsp3) is 0.625. The molecule has 4 nitrogen and oxygen atoms in total. The van der Waals surface area contributed by atoms with Gasteiger partial charge in [-0.3, -0.25) is 10.5 Å². The maximum atomic E-state index is 13.1. The third-order valence-corrected chi connectivity index (χ3v) is 2.55. The molecule has 1 unspecified atom stereocenters. The number of nitrogens with zero attached hydrogens (tertiary/aromatic N) is 2. The van der Waals surface area contributed by atoms with Gasteiger partial charge in [0.05, 0.1) is 16.9 Å².